The molecular formula is C15H21NO4S. The summed E-state index contributed by atoms with van der Waals surface area (Å²) in [5, 5.41) is 9.16. The van der Waals surface area contributed by atoms with Gasteiger partial charge < -0.3 is 5.11 Å². The van der Waals surface area contributed by atoms with Gasteiger partial charge in [0.1, 0.15) is 0 Å². The van der Waals surface area contributed by atoms with Crippen LogP contribution in [0.15, 0.2) is 23.1 Å². The molecule has 1 unspecified atom stereocenters. The molecule has 0 amide bonds. The maximum atomic E-state index is 12.9. The summed E-state index contributed by atoms with van der Waals surface area (Å²) in [5.74, 6) is -1.10. The zero-order valence-electron chi connectivity index (χ0n) is 12.4. The van der Waals surface area contributed by atoms with E-state index in [-0.39, 0.29) is 16.5 Å². The number of rotatable bonds is 4. The Hall–Kier alpha value is -1.40. The molecule has 0 bridgehead atoms. The van der Waals surface area contributed by atoms with Crippen molar-refractivity contribution in [3.63, 3.8) is 0 Å². The molecule has 1 aliphatic heterocycles. The van der Waals surface area contributed by atoms with Gasteiger partial charge in [-0.05, 0) is 43.9 Å². The van der Waals surface area contributed by atoms with Crippen LogP contribution in [0, 0.1) is 6.92 Å². The molecule has 5 nitrogen and oxygen atoms in total. The molecule has 1 N–H and O–H groups in total. The lowest BCUT2D eigenvalue weighted by molar-refractivity contribution is 0.0696. The van der Waals surface area contributed by atoms with Gasteiger partial charge in [0.2, 0.25) is 10.0 Å². The number of carbonyl (C=O) groups is 1. The highest BCUT2D eigenvalue weighted by Gasteiger charge is 2.34. The van der Waals surface area contributed by atoms with Crippen molar-refractivity contribution in [1.29, 1.82) is 0 Å². The summed E-state index contributed by atoms with van der Waals surface area (Å²) < 4.78 is 27.3. The van der Waals surface area contributed by atoms with Crippen LogP contribution < -0.4 is 0 Å². The average Bonchev–Trinajstić information content (AvgIpc) is 2.46. The summed E-state index contributed by atoms with van der Waals surface area (Å²) in [7, 11) is -3.64. The molecular weight excluding hydrogens is 290 g/mol. The molecule has 21 heavy (non-hydrogen) atoms. The molecule has 0 aliphatic carbocycles. The van der Waals surface area contributed by atoms with Crippen molar-refractivity contribution in [2.75, 3.05) is 6.54 Å². The van der Waals surface area contributed by atoms with Gasteiger partial charge in [0.05, 0.1) is 10.5 Å². The fourth-order valence-electron chi connectivity index (χ4n) is 2.95. The van der Waals surface area contributed by atoms with Crippen molar-refractivity contribution >= 4 is 16.0 Å². The minimum atomic E-state index is -3.64. The van der Waals surface area contributed by atoms with Gasteiger partial charge in [-0.1, -0.05) is 19.4 Å². The Balaban J connectivity index is 2.49. The van der Waals surface area contributed by atoms with Crippen LogP contribution in [0.2, 0.25) is 0 Å². The van der Waals surface area contributed by atoms with Gasteiger partial charge in [0, 0.05) is 12.6 Å². The van der Waals surface area contributed by atoms with E-state index < -0.39 is 16.0 Å². The van der Waals surface area contributed by atoms with Gasteiger partial charge in [-0.2, -0.15) is 4.31 Å². The molecule has 1 aromatic rings. The van der Waals surface area contributed by atoms with E-state index in [0.29, 0.717) is 12.1 Å². The van der Waals surface area contributed by atoms with Gasteiger partial charge in [-0.25, -0.2) is 13.2 Å². The highest BCUT2D eigenvalue weighted by molar-refractivity contribution is 7.89. The Morgan fingerprint density at radius 2 is 2.10 bits per heavy atom. The SMILES string of the molecule is CCC1CCCCN1S(=O)(=O)c1cccc(C(=O)O)c1C. The summed E-state index contributed by atoms with van der Waals surface area (Å²) >= 11 is 0. The molecule has 2 rings (SSSR count). The standard InChI is InChI=1S/C15H21NO4S/c1-3-12-7-4-5-10-16(12)21(19,20)14-9-6-8-13(11(14)2)15(17)18/h6,8-9,12H,3-5,7,10H2,1-2H3,(H,17,18). The lowest BCUT2D eigenvalue weighted by atomic mass is 10.0. The fourth-order valence-corrected chi connectivity index (χ4v) is 4.97. The van der Waals surface area contributed by atoms with Crippen LogP contribution in [0.5, 0.6) is 0 Å². The summed E-state index contributed by atoms with van der Waals surface area (Å²) in [5.41, 5.74) is 0.353. The van der Waals surface area contributed by atoms with Crippen molar-refractivity contribution in [2.24, 2.45) is 0 Å². The first-order chi connectivity index (χ1) is 9.89. The van der Waals surface area contributed by atoms with Crippen LogP contribution in [0.4, 0.5) is 0 Å². The maximum absolute atomic E-state index is 12.9. The molecule has 0 radical (unpaired) electrons. The van der Waals surface area contributed by atoms with Crippen molar-refractivity contribution < 1.29 is 18.3 Å². The second kappa shape index (κ2) is 6.15. The molecule has 6 heteroatoms. The van der Waals surface area contributed by atoms with E-state index in [1.54, 1.807) is 11.2 Å². The van der Waals surface area contributed by atoms with Gasteiger partial charge in [-0.15, -0.1) is 0 Å². The molecule has 1 atom stereocenters. The Kier molecular flexibility index (Phi) is 4.68. The van der Waals surface area contributed by atoms with E-state index in [0.717, 1.165) is 25.7 Å². The van der Waals surface area contributed by atoms with E-state index >= 15 is 0 Å². The van der Waals surface area contributed by atoms with E-state index in [2.05, 4.69) is 0 Å². The first-order valence-corrected chi connectivity index (χ1v) is 8.68. The highest BCUT2D eigenvalue weighted by atomic mass is 32.2. The number of carboxylic acids is 1. The molecule has 0 saturated carbocycles. The third kappa shape index (κ3) is 2.96. The van der Waals surface area contributed by atoms with Crippen LogP contribution >= 0.6 is 0 Å². The van der Waals surface area contributed by atoms with Crippen LogP contribution in [-0.4, -0.2) is 36.4 Å². The van der Waals surface area contributed by atoms with Crippen molar-refractivity contribution in [3.05, 3.63) is 29.3 Å². The number of nitrogens with zero attached hydrogens (tertiary/aromatic N) is 1. The minimum Gasteiger partial charge on any atom is -0.478 e. The summed E-state index contributed by atoms with van der Waals surface area (Å²) in [6.45, 7) is 4.05. The Morgan fingerprint density at radius 1 is 1.38 bits per heavy atom. The first-order valence-electron chi connectivity index (χ1n) is 7.24. The van der Waals surface area contributed by atoms with Crippen LogP contribution in [0.1, 0.15) is 48.5 Å². The average molecular weight is 311 g/mol. The number of hydrogen-bond acceptors (Lipinski definition) is 3. The molecule has 0 aromatic heterocycles. The number of sulfonamides is 1. The van der Waals surface area contributed by atoms with E-state index in [9.17, 15) is 13.2 Å². The molecule has 1 fully saturated rings. The third-order valence-corrected chi connectivity index (χ3v) is 6.24. The quantitative estimate of drug-likeness (QED) is 0.927. The molecule has 1 aromatic carbocycles. The largest absolute Gasteiger partial charge is 0.478 e. The Labute approximate surface area is 125 Å². The summed E-state index contributed by atoms with van der Waals surface area (Å²) in [4.78, 5) is 11.3. The lowest BCUT2D eigenvalue weighted by Gasteiger charge is -2.34. The smallest absolute Gasteiger partial charge is 0.335 e. The van der Waals surface area contributed by atoms with Gasteiger partial charge in [-0.3, -0.25) is 0 Å². The van der Waals surface area contributed by atoms with Crippen LogP contribution in [0.25, 0.3) is 0 Å². The van der Waals surface area contributed by atoms with Gasteiger partial charge >= 0.3 is 5.97 Å². The maximum Gasteiger partial charge on any atom is 0.335 e. The normalized spacial score (nSPS) is 20.4. The van der Waals surface area contributed by atoms with Crippen molar-refractivity contribution in [1.82, 2.24) is 4.31 Å². The summed E-state index contributed by atoms with van der Waals surface area (Å²) in [6.07, 6.45) is 3.54. The molecule has 0 spiro atoms. The predicted molar refractivity (Wildman–Crippen MR) is 80.0 cm³/mol. The topological polar surface area (TPSA) is 74.7 Å². The highest BCUT2D eigenvalue weighted by Crippen LogP contribution is 2.29. The zero-order valence-corrected chi connectivity index (χ0v) is 13.2. The minimum absolute atomic E-state index is 0.0108. The second-order valence-corrected chi connectivity index (χ2v) is 7.27. The third-order valence-electron chi connectivity index (χ3n) is 4.15. The first kappa shape index (κ1) is 16.0. The second-order valence-electron chi connectivity index (χ2n) is 5.41. The van der Waals surface area contributed by atoms with Crippen LogP contribution in [0.3, 0.4) is 0 Å². The molecule has 1 heterocycles. The fraction of sp³-hybridized carbons (Fsp3) is 0.533. The van der Waals surface area contributed by atoms with E-state index in [1.165, 1.54) is 18.2 Å². The zero-order chi connectivity index (χ0) is 15.6. The number of hydrogen-bond donors (Lipinski definition) is 1. The van der Waals surface area contributed by atoms with Crippen molar-refractivity contribution in [3.8, 4) is 0 Å². The molecule has 1 saturated heterocycles. The van der Waals surface area contributed by atoms with E-state index in [1.807, 2.05) is 6.92 Å². The number of aromatic carboxylic acids is 1. The van der Waals surface area contributed by atoms with Gasteiger partial charge in [0.25, 0.3) is 0 Å². The molecule has 1 aliphatic rings. The number of carboxylic acid groups (broad SMARTS) is 1. The number of piperidine rings is 1. The summed E-state index contributed by atoms with van der Waals surface area (Å²) in [6, 6.07) is 4.44. The monoisotopic (exact) mass is 311 g/mol. The lowest BCUT2D eigenvalue weighted by Crippen LogP contribution is -2.43. The number of benzene rings is 1. The molecule has 116 valence electrons. The van der Waals surface area contributed by atoms with Crippen molar-refractivity contribution in [2.45, 2.75) is 50.5 Å². The Bertz CT molecular complexity index is 639. The van der Waals surface area contributed by atoms with E-state index in [4.69, 9.17) is 5.11 Å². The Morgan fingerprint density at radius 3 is 2.71 bits per heavy atom. The predicted octanol–water partition coefficient (Wildman–Crippen LogP) is 2.65. The van der Waals surface area contributed by atoms with Crippen LogP contribution in [-0.2, 0) is 10.0 Å². The van der Waals surface area contributed by atoms with Gasteiger partial charge in [0.15, 0.2) is 0 Å².